The van der Waals surface area contributed by atoms with E-state index in [0.29, 0.717) is 24.5 Å². The van der Waals surface area contributed by atoms with Crippen molar-refractivity contribution >= 4 is 5.97 Å². The van der Waals surface area contributed by atoms with Crippen LogP contribution in [-0.2, 0) is 14.3 Å². The number of rotatable bonds is 6. The predicted molar refractivity (Wildman–Crippen MR) is 60.8 cm³/mol. The highest BCUT2D eigenvalue weighted by Gasteiger charge is 2.21. The molecule has 0 saturated heterocycles. The van der Waals surface area contributed by atoms with Crippen LogP contribution in [0.4, 0.5) is 0 Å². The molecule has 1 atom stereocenters. The van der Waals surface area contributed by atoms with Gasteiger partial charge in [0.1, 0.15) is 12.4 Å². The Morgan fingerprint density at radius 3 is 2.65 bits per heavy atom. The average molecular weight is 240 g/mol. The van der Waals surface area contributed by atoms with Crippen LogP contribution in [0.25, 0.3) is 0 Å². The molecule has 1 N–H and O–H groups in total. The second-order valence-corrected chi connectivity index (χ2v) is 3.30. The number of esters is 1. The molecule has 1 rings (SSSR count). The molecule has 0 aromatic heterocycles. The van der Waals surface area contributed by atoms with Gasteiger partial charge in [-0.1, -0.05) is 18.2 Å². The zero-order valence-electron chi connectivity index (χ0n) is 9.88. The first-order chi connectivity index (χ1) is 8.20. The summed E-state index contributed by atoms with van der Waals surface area (Å²) in [4.78, 5) is 11.2. The van der Waals surface area contributed by atoms with Crippen LogP contribution < -0.4 is 4.74 Å². The van der Waals surface area contributed by atoms with E-state index in [0.717, 1.165) is 0 Å². The SMILES string of the molecule is COCCOc1ccccc1C(O)C(=O)OC. The van der Waals surface area contributed by atoms with Crippen LogP contribution in [0.2, 0.25) is 0 Å². The molecule has 0 heterocycles. The average Bonchev–Trinajstić information content (AvgIpc) is 2.38. The van der Waals surface area contributed by atoms with Gasteiger partial charge in [-0.05, 0) is 6.07 Å². The lowest BCUT2D eigenvalue weighted by Gasteiger charge is -2.14. The minimum atomic E-state index is -1.33. The van der Waals surface area contributed by atoms with Crippen molar-refractivity contribution in [3.05, 3.63) is 29.8 Å². The van der Waals surface area contributed by atoms with Gasteiger partial charge >= 0.3 is 5.97 Å². The molecule has 5 heteroatoms. The van der Waals surface area contributed by atoms with Crippen LogP contribution in [0.1, 0.15) is 11.7 Å². The summed E-state index contributed by atoms with van der Waals surface area (Å²) in [6.07, 6.45) is -1.33. The van der Waals surface area contributed by atoms with Gasteiger partial charge in [0.05, 0.1) is 13.7 Å². The third kappa shape index (κ3) is 3.72. The van der Waals surface area contributed by atoms with Gasteiger partial charge in [0.2, 0.25) is 0 Å². The van der Waals surface area contributed by atoms with Crippen molar-refractivity contribution < 1.29 is 24.1 Å². The molecular weight excluding hydrogens is 224 g/mol. The van der Waals surface area contributed by atoms with Crippen LogP contribution in [0.5, 0.6) is 5.75 Å². The van der Waals surface area contributed by atoms with Crippen LogP contribution in [0, 0.1) is 0 Å². The summed E-state index contributed by atoms with van der Waals surface area (Å²) in [7, 11) is 2.79. The van der Waals surface area contributed by atoms with Gasteiger partial charge in [0.15, 0.2) is 6.10 Å². The maximum Gasteiger partial charge on any atom is 0.339 e. The summed E-state index contributed by atoms with van der Waals surface area (Å²) in [6, 6.07) is 6.77. The van der Waals surface area contributed by atoms with E-state index in [2.05, 4.69) is 4.74 Å². The Labute approximate surface area is 99.9 Å². The fourth-order valence-corrected chi connectivity index (χ4v) is 1.31. The Bertz CT molecular complexity index is 364. The second kappa shape index (κ2) is 6.88. The van der Waals surface area contributed by atoms with E-state index in [1.165, 1.54) is 7.11 Å². The third-order valence-electron chi connectivity index (χ3n) is 2.18. The Hall–Kier alpha value is -1.59. The van der Waals surface area contributed by atoms with Gasteiger partial charge in [0.25, 0.3) is 0 Å². The highest BCUT2D eigenvalue weighted by atomic mass is 16.5. The summed E-state index contributed by atoms with van der Waals surface area (Å²) < 4.78 is 14.7. The number of hydrogen-bond donors (Lipinski definition) is 1. The number of hydrogen-bond acceptors (Lipinski definition) is 5. The lowest BCUT2D eigenvalue weighted by Crippen LogP contribution is -2.15. The summed E-state index contributed by atoms with van der Waals surface area (Å²) in [5.41, 5.74) is 0.385. The van der Waals surface area contributed by atoms with Crippen molar-refractivity contribution in [1.29, 1.82) is 0 Å². The van der Waals surface area contributed by atoms with E-state index in [-0.39, 0.29) is 0 Å². The van der Waals surface area contributed by atoms with Gasteiger partial charge in [-0.3, -0.25) is 0 Å². The van der Waals surface area contributed by atoms with Crippen LogP contribution in [-0.4, -0.2) is 38.5 Å². The van der Waals surface area contributed by atoms with E-state index in [4.69, 9.17) is 9.47 Å². The molecule has 0 aliphatic rings. The standard InChI is InChI=1S/C12H16O5/c1-15-7-8-17-10-6-4-3-5-9(10)11(13)12(14)16-2/h3-6,11,13H,7-8H2,1-2H3. The Kier molecular flexibility index (Phi) is 5.45. The Balaban J connectivity index is 2.79. The molecule has 1 aromatic rings. The summed E-state index contributed by atoms with van der Waals surface area (Å²) in [6.45, 7) is 0.782. The van der Waals surface area contributed by atoms with E-state index in [1.807, 2.05) is 0 Å². The fourth-order valence-electron chi connectivity index (χ4n) is 1.31. The quantitative estimate of drug-likeness (QED) is 0.591. The number of carbonyl (C=O) groups excluding carboxylic acids is 1. The lowest BCUT2D eigenvalue weighted by molar-refractivity contribution is -0.150. The topological polar surface area (TPSA) is 65.0 Å². The van der Waals surface area contributed by atoms with Gasteiger partial charge in [-0.25, -0.2) is 4.79 Å². The molecule has 0 spiro atoms. The molecule has 17 heavy (non-hydrogen) atoms. The second-order valence-electron chi connectivity index (χ2n) is 3.30. The van der Waals surface area contributed by atoms with E-state index >= 15 is 0 Å². The van der Waals surface area contributed by atoms with Crippen LogP contribution >= 0.6 is 0 Å². The number of para-hydroxylation sites is 1. The summed E-state index contributed by atoms with van der Waals surface area (Å²) >= 11 is 0. The van der Waals surface area contributed by atoms with Crippen molar-refractivity contribution in [2.24, 2.45) is 0 Å². The monoisotopic (exact) mass is 240 g/mol. The van der Waals surface area contributed by atoms with Crippen molar-refractivity contribution in [2.45, 2.75) is 6.10 Å². The van der Waals surface area contributed by atoms with E-state index in [9.17, 15) is 9.90 Å². The first kappa shape index (κ1) is 13.5. The molecule has 0 saturated carbocycles. The fraction of sp³-hybridized carbons (Fsp3) is 0.417. The summed E-state index contributed by atoms with van der Waals surface area (Å²) in [5, 5.41) is 9.74. The lowest BCUT2D eigenvalue weighted by atomic mass is 10.1. The van der Waals surface area contributed by atoms with Gasteiger partial charge in [-0.15, -0.1) is 0 Å². The molecule has 0 amide bonds. The maximum atomic E-state index is 11.2. The normalized spacial score (nSPS) is 11.9. The molecular formula is C12H16O5. The van der Waals surface area contributed by atoms with Crippen LogP contribution in [0.3, 0.4) is 0 Å². The minimum absolute atomic E-state index is 0.349. The molecule has 0 bridgehead atoms. The number of benzene rings is 1. The molecule has 0 aliphatic heterocycles. The number of carbonyl (C=O) groups is 1. The molecule has 0 fully saturated rings. The Morgan fingerprint density at radius 2 is 2.00 bits per heavy atom. The number of aliphatic hydroxyl groups excluding tert-OH is 1. The van der Waals surface area contributed by atoms with E-state index in [1.54, 1.807) is 31.4 Å². The zero-order valence-corrected chi connectivity index (χ0v) is 9.88. The third-order valence-corrected chi connectivity index (χ3v) is 2.18. The predicted octanol–water partition coefficient (Wildman–Crippen LogP) is 0.918. The molecule has 1 unspecified atom stereocenters. The first-order valence-corrected chi connectivity index (χ1v) is 5.17. The molecule has 5 nitrogen and oxygen atoms in total. The highest BCUT2D eigenvalue weighted by Crippen LogP contribution is 2.25. The summed E-state index contributed by atoms with van der Waals surface area (Å²) in [5.74, 6) is -0.268. The van der Waals surface area contributed by atoms with Crippen molar-refractivity contribution in [3.63, 3.8) is 0 Å². The Morgan fingerprint density at radius 1 is 1.29 bits per heavy atom. The number of methoxy groups -OCH3 is 2. The highest BCUT2D eigenvalue weighted by molar-refractivity contribution is 5.77. The number of aliphatic hydroxyl groups is 1. The van der Waals surface area contributed by atoms with Gasteiger partial charge in [-0.2, -0.15) is 0 Å². The van der Waals surface area contributed by atoms with Crippen molar-refractivity contribution in [1.82, 2.24) is 0 Å². The van der Waals surface area contributed by atoms with Gasteiger partial charge < -0.3 is 19.3 Å². The minimum Gasteiger partial charge on any atom is -0.491 e. The maximum absolute atomic E-state index is 11.2. The largest absolute Gasteiger partial charge is 0.491 e. The zero-order chi connectivity index (χ0) is 12.7. The number of ether oxygens (including phenoxy) is 3. The van der Waals surface area contributed by atoms with Crippen LogP contribution in [0.15, 0.2) is 24.3 Å². The molecule has 0 radical (unpaired) electrons. The van der Waals surface area contributed by atoms with E-state index < -0.39 is 12.1 Å². The van der Waals surface area contributed by atoms with Gasteiger partial charge in [0, 0.05) is 12.7 Å². The van der Waals surface area contributed by atoms with Crippen molar-refractivity contribution in [3.8, 4) is 5.75 Å². The smallest absolute Gasteiger partial charge is 0.339 e. The van der Waals surface area contributed by atoms with Crippen molar-refractivity contribution in [2.75, 3.05) is 27.4 Å². The molecule has 1 aromatic carbocycles. The first-order valence-electron chi connectivity index (χ1n) is 5.17. The molecule has 94 valence electrons. The molecule has 0 aliphatic carbocycles.